The van der Waals surface area contributed by atoms with E-state index >= 15 is 0 Å². The van der Waals surface area contributed by atoms with Gasteiger partial charge in [-0.2, -0.15) is 0 Å². The van der Waals surface area contributed by atoms with Crippen LogP contribution in [0.4, 0.5) is 0 Å². The fourth-order valence-electron chi connectivity index (χ4n) is 14.4. The Morgan fingerprint density at radius 3 is 0.618 bits per heavy atom. The van der Waals surface area contributed by atoms with Crippen LogP contribution in [-0.2, 0) is 65.4 Å². The van der Waals surface area contributed by atoms with Gasteiger partial charge < -0.3 is 33.8 Å². The van der Waals surface area contributed by atoms with Crippen LogP contribution in [-0.4, -0.2) is 96.7 Å². The van der Waals surface area contributed by atoms with Gasteiger partial charge in [-0.15, -0.1) is 0 Å². The number of unbranched alkanes of at least 4 members (excludes halogenated alkanes) is 63. The molecule has 0 rings (SSSR count). The second-order valence-electron chi connectivity index (χ2n) is 33.2. The summed E-state index contributed by atoms with van der Waals surface area (Å²) in [6.07, 6.45) is 79.1. The summed E-state index contributed by atoms with van der Waals surface area (Å²) in [6, 6.07) is 0. The summed E-state index contributed by atoms with van der Waals surface area (Å²) in [7, 11) is -9.93. The highest BCUT2D eigenvalue weighted by molar-refractivity contribution is 7.47. The molecule has 0 fully saturated rings. The highest BCUT2D eigenvalue weighted by Crippen LogP contribution is 2.45. The number of carbonyl (C=O) groups is 4. The first-order chi connectivity index (χ1) is 53.5. The van der Waals surface area contributed by atoms with Crippen molar-refractivity contribution in [2.45, 2.75) is 515 Å². The van der Waals surface area contributed by atoms with E-state index in [9.17, 15) is 43.2 Å². The van der Waals surface area contributed by atoms with Crippen LogP contribution in [0.3, 0.4) is 0 Å². The first-order valence-corrected chi connectivity index (χ1v) is 50.1. The number of phosphoric acid groups is 2. The number of rotatable bonds is 91. The van der Waals surface area contributed by atoms with Crippen LogP contribution in [0.15, 0.2) is 0 Å². The van der Waals surface area contributed by atoms with Gasteiger partial charge in [0.1, 0.15) is 19.3 Å². The quantitative estimate of drug-likeness (QED) is 0.0222. The van der Waals surface area contributed by atoms with Crippen molar-refractivity contribution < 1.29 is 80.2 Å². The minimum atomic E-state index is -4.97. The molecule has 110 heavy (non-hydrogen) atoms. The Bertz CT molecular complexity index is 2080. The van der Waals surface area contributed by atoms with Crippen molar-refractivity contribution in [1.29, 1.82) is 0 Å². The molecule has 0 aromatic rings. The molecule has 0 aromatic heterocycles. The minimum Gasteiger partial charge on any atom is -0.462 e. The smallest absolute Gasteiger partial charge is 0.462 e. The van der Waals surface area contributed by atoms with Gasteiger partial charge in [0.2, 0.25) is 0 Å². The summed E-state index contributed by atoms with van der Waals surface area (Å²) in [5.41, 5.74) is 0. The van der Waals surface area contributed by atoms with E-state index in [0.29, 0.717) is 25.7 Å². The van der Waals surface area contributed by atoms with Crippen molar-refractivity contribution in [3.8, 4) is 0 Å². The topological polar surface area (TPSA) is 237 Å². The van der Waals surface area contributed by atoms with Crippen molar-refractivity contribution in [1.82, 2.24) is 0 Å². The molecule has 0 aliphatic heterocycles. The Morgan fingerprint density at radius 2 is 0.418 bits per heavy atom. The summed E-state index contributed by atoms with van der Waals surface area (Å²) in [5.74, 6) is -1.27. The van der Waals surface area contributed by atoms with Gasteiger partial charge in [-0.05, 0) is 31.6 Å². The summed E-state index contributed by atoms with van der Waals surface area (Å²) in [5, 5.41) is 10.7. The molecule has 5 atom stereocenters. The standard InChI is InChI=1S/C91H178O17P2/c1-6-9-12-15-18-21-24-27-29-31-32-33-37-41-45-50-55-60-65-70-75-89(94)102-81-87(108-91(96)77-72-67-62-57-52-47-42-38-35-34-36-39-44-48-53-58-63-68-73-84(4)5)83-106-110(99,100)104-79-85(92)78-103-109(97,98)105-82-86(80-101-88(93)74-69-64-59-54-49-43-26-23-20-17-14-11-8-3)107-90(95)76-71-66-61-56-51-46-40-30-28-25-22-19-16-13-10-7-2/h84-87,92H,6-83H2,1-5H3,(H,97,98)(H,99,100)/t85-,86+,87+/m0/s1. The normalized spacial score (nSPS) is 13.7. The highest BCUT2D eigenvalue weighted by Gasteiger charge is 2.31. The first kappa shape index (κ1) is 108. The molecule has 0 radical (unpaired) electrons. The number of aliphatic hydroxyl groups is 1. The third-order valence-electron chi connectivity index (χ3n) is 21.5. The third kappa shape index (κ3) is 84.0. The molecule has 19 heteroatoms. The number of hydrogen-bond acceptors (Lipinski definition) is 15. The predicted octanol–water partition coefficient (Wildman–Crippen LogP) is 28.3. The average molecular weight is 1610 g/mol. The molecule has 0 saturated heterocycles. The number of ether oxygens (including phenoxy) is 4. The fraction of sp³-hybridized carbons (Fsp3) is 0.956. The van der Waals surface area contributed by atoms with Gasteiger partial charge in [-0.3, -0.25) is 37.3 Å². The number of phosphoric ester groups is 2. The predicted molar refractivity (Wildman–Crippen MR) is 455 cm³/mol. The molecule has 0 aliphatic rings. The molecule has 0 amide bonds. The van der Waals surface area contributed by atoms with Crippen molar-refractivity contribution in [2.75, 3.05) is 39.6 Å². The van der Waals surface area contributed by atoms with Crippen molar-refractivity contribution >= 4 is 39.5 Å². The van der Waals surface area contributed by atoms with Gasteiger partial charge in [0.25, 0.3) is 0 Å². The van der Waals surface area contributed by atoms with Crippen LogP contribution < -0.4 is 0 Å². The molecule has 654 valence electrons. The average Bonchev–Trinajstić information content (AvgIpc) is 0.898. The summed E-state index contributed by atoms with van der Waals surface area (Å²) in [4.78, 5) is 73.4. The van der Waals surface area contributed by atoms with Gasteiger partial charge >= 0.3 is 39.5 Å². The number of hydrogen-bond donors (Lipinski definition) is 3. The SMILES string of the molecule is CCCCCCCCCCCCCCCCCCCCCCC(=O)OC[C@H](COP(=O)(O)OC[C@@H](O)COP(=O)(O)OC[C@@H](COC(=O)CCCCCCCCCCCCCCC)OC(=O)CCCCCCCCCCCCCCCCCC)OC(=O)CCCCCCCCCCCCCCCCCCCCC(C)C. The van der Waals surface area contributed by atoms with Crippen molar-refractivity contribution in [3.63, 3.8) is 0 Å². The zero-order chi connectivity index (χ0) is 80.4. The van der Waals surface area contributed by atoms with Gasteiger partial charge in [-0.1, -0.05) is 446 Å². The van der Waals surface area contributed by atoms with Crippen LogP contribution in [0.2, 0.25) is 0 Å². The molecule has 0 saturated carbocycles. The Hall–Kier alpha value is -1.94. The minimum absolute atomic E-state index is 0.109. The van der Waals surface area contributed by atoms with E-state index in [-0.39, 0.29) is 25.7 Å². The van der Waals surface area contributed by atoms with E-state index in [1.807, 2.05) is 0 Å². The maximum atomic E-state index is 13.2. The molecule has 0 spiro atoms. The zero-order valence-electron chi connectivity index (χ0n) is 72.4. The van der Waals surface area contributed by atoms with Crippen LogP contribution in [0, 0.1) is 5.92 Å². The van der Waals surface area contributed by atoms with E-state index in [2.05, 4.69) is 34.6 Å². The molecule has 0 heterocycles. The van der Waals surface area contributed by atoms with Gasteiger partial charge in [0, 0.05) is 25.7 Å². The van der Waals surface area contributed by atoms with Gasteiger partial charge in [-0.25, -0.2) is 9.13 Å². The Morgan fingerprint density at radius 1 is 0.245 bits per heavy atom. The molecule has 17 nitrogen and oxygen atoms in total. The Kier molecular flexibility index (Phi) is 82.1. The lowest BCUT2D eigenvalue weighted by atomic mass is 10.0. The van der Waals surface area contributed by atoms with Crippen LogP contribution in [0.1, 0.15) is 497 Å². The number of esters is 4. The first-order valence-electron chi connectivity index (χ1n) is 47.1. The molecule has 3 N–H and O–H groups in total. The maximum absolute atomic E-state index is 13.2. The third-order valence-corrected chi connectivity index (χ3v) is 23.4. The van der Waals surface area contributed by atoms with E-state index < -0.39 is 97.5 Å². The summed E-state index contributed by atoms with van der Waals surface area (Å²) >= 11 is 0. The Labute approximate surface area is 677 Å². The summed E-state index contributed by atoms with van der Waals surface area (Å²) in [6.45, 7) is 7.44. The van der Waals surface area contributed by atoms with Gasteiger partial charge in [0.15, 0.2) is 12.2 Å². The lowest BCUT2D eigenvalue weighted by Crippen LogP contribution is -2.30. The van der Waals surface area contributed by atoms with Gasteiger partial charge in [0.05, 0.1) is 26.4 Å². The fourth-order valence-corrected chi connectivity index (χ4v) is 15.9. The van der Waals surface area contributed by atoms with E-state index in [1.165, 1.54) is 321 Å². The largest absolute Gasteiger partial charge is 0.472 e. The van der Waals surface area contributed by atoms with E-state index in [4.69, 9.17) is 37.0 Å². The lowest BCUT2D eigenvalue weighted by Gasteiger charge is -2.21. The monoisotopic (exact) mass is 1610 g/mol. The van der Waals surface area contributed by atoms with E-state index in [0.717, 1.165) is 95.8 Å². The molecule has 0 aliphatic carbocycles. The Balaban J connectivity index is 5.25. The van der Waals surface area contributed by atoms with Crippen molar-refractivity contribution in [3.05, 3.63) is 0 Å². The van der Waals surface area contributed by atoms with Crippen LogP contribution in [0.25, 0.3) is 0 Å². The zero-order valence-corrected chi connectivity index (χ0v) is 74.2. The van der Waals surface area contributed by atoms with E-state index in [1.54, 1.807) is 0 Å². The maximum Gasteiger partial charge on any atom is 0.472 e. The molecular weight excluding hydrogens is 1430 g/mol. The second-order valence-corrected chi connectivity index (χ2v) is 36.1. The summed E-state index contributed by atoms with van der Waals surface area (Å²) < 4.78 is 69.1. The molecule has 0 aromatic carbocycles. The number of carbonyl (C=O) groups excluding carboxylic acids is 4. The molecule has 0 bridgehead atoms. The van der Waals surface area contributed by atoms with Crippen LogP contribution in [0.5, 0.6) is 0 Å². The second kappa shape index (κ2) is 83.5. The van der Waals surface area contributed by atoms with Crippen LogP contribution >= 0.6 is 15.6 Å². The van der Waals surface area contributed by atoms with Crippen molar-refractivity contribution in [2.24, 2.45) is 5.92 Å². The molecular formula is C91H178O17P2. The molecule has 2 unspecified atom stereocenters. The highest BCUT2D eigenvalue weighted by atomic mass is 31.2. The lowest BCUT2D eigenvalue weighted by molar-refractivity contribution is -0.161. The number of aliphatic hydroxyl groups excluding tert-OH is 1.